The van der Waals surface area contributed by atoms with E-state index in [2.05, 4.69) is 22.2 Å². The SMILES string of the molecule is CC1CC1Nc1cnc(N)cn1. The van der Waals surface area contributed by atoms with Crippen LogP contribution in [0.3, 0.4) is 0 Å². The first-order valence-corrected chi connectivity index (χ1v) is 4.10. The lowest BCUT2D eigenvalue weighted by atomic mass is 10.5. The quantitative estimate of drug-likeness (QED) is 0.681. The molecular formula is C8H12N4. The van der Waals surface area contributed by atoms with Gasteiger partial charge in [0.2, 0.25) is 0 Å². The number of nitrogens with one attached hydrogen (secondary N) is 1. The van der Waals surface area contributed by atoms with Gasteiger partial charge in [-0.1, -0.05) is 6.92 Å². The Labute approximate surface area is 71.2 Å². The number of anilines is 2. The maximum absolute atomic E-state index is 5.40. The first-order valence-electron chi connectivity index (χ1n) is 4.10. The summed E-state index contributed by atoms with van der Waals surface area (Å²) in [6.45, 7) is 2.21. The van der Waals surface area contributed by atoms with Crippen LogP contribution in [0.15, 0.2) is 12.4 Å². The third-order valence-electron chi connectivity index (χ3n) is 2.11. The van der Waals surface area contributed by atoms with Crippen molar-refractivity contribution in [3.8, 4) is 0 Å². The Balaban J connectivity index is 2.00. The van der Waals surface area contributed by atoms with Crippen LogP contribution in [0.1, 0.15) is 13.3 Å². The van der Waals surface area contributed by atoms with Gasteiger partial charge in [0.05, 0.1) is 12.4 Å². The number of aromatic nitrogens is 2. The summed E-state index contributed by atoms with van der Waals surface area (Å²) in [4.78, 5) is 8.03. The van der Waals surface area contributed by atoms with Crippen LogP contribution in [0, 0.1) is 5.92 Å². The van der Waals surface area contributed by atoms with Gasteiger partial charge >= 0.3 is 0 Å². The summed E-state index contributed by atoms with van der Waals surface area (Å²) < 4.78 is 0. The van der Waals surface area contributed by atoms with Gasteiger partial charge in [-0.2, -0.15) is 0 Å². The van der Waals surface area contributed by atoms with E-state index in [0.717, 1.165) is 11.7 Å². The fourth-order valence-corrected chi connectivity index (χ4v) is 1.13. The van der Waals surface area contributed by atoms with Gasteiger partial charge in [-0.05, 0) is 12.3 Å². The van der Waals surface area contributed by atoms with Gasteiger partial charge in [-0.3, -0.25) is 0 Å². The van der Waals surface area contributed by atoms with Crippen LogP contribution in [0.5, 0.6) is 0 Å². The molecule has 0 bridgehead atoms. The van der Waals surface area contributed by atoms with E-state index in [1.807, 2.05) is 0 Å². The first-order chi connectivity index (χ1) is 5.75. The minimum atomic E-state index is 0.462. The van der Waals surface area contributed by atoms with Crippen molar-refractivity contribution in [1.82, 2.24) is 9.97 Å². The fraction of sp³-hybridized carbons (Fsp3) is 0.500. The molecule has 0 saturated heterocycles. The second kappa shape index (κ2) is 2.62. The fourth-order valence-electron chi connectivity index (χ4n) is 1.13. The molecular weight excluding hydrogens is 152 g/mol. The molecule has 0 amide bonds. The summed E-state index contributed by atoms with van der Waals surface area (Å²) in [6.07, 6.45) is 4.46. The van der Waals surface area contributed by atoms with Crippen LogP contribution in [0.4, 0.5) is 11.6 Å². The highest BCUT2D eigenvalue weighted by atomic mass is 15.1. The molecule has 3 N–H and O–H groups in total. The zero-order valence-electron chi connectivity index (χ0n) is 6.99. The van der Waals surface area contributed by atoms with Crippen molar-refractivity contribution in [3.05, 3.63) is 12.4 Å². The third kappa shape index (κ3) is 1.47. The molecule has 4 nitrogen and oxygen atoms in total. The lowest BCUT2D eigenvalue weighted by Gasteiger charge is -2.02. The maximum atomic E-state index is 5.40. The topological polar surface area (TPSA) is 63.8 Å². The Morgan fingerprint density at radius 2 is 2.25 bits per heavy atom. The third-order valence-corrected chi connectivity index (χ3v) is 2.11. The highest BCUT2D eigenvalue weighted by molar-refractivity contribution is 5.38. The van der Waals surface area contributed by atoms with E-state index in [1.54, 1.807) is 12.4 Å². The zero-order valence-corrected chi connectivity index (χ0v) is 6.99. The van der Waals surface area contributed by atoms with E-state index in [4.69, 9.17) is 5.73 Å². The molecule has 1 aromatic heterocycles. The van der Waals surface area contributed by atoms with Gasteiger partial charge in [0.15, 0.2) is 0 Å². The normalized spacial score (nSPS) is 26.8. The van der Waals surface area contributed by atoms with Gasteiger partial charge in [-0.25, -0.2) is 9.97 Å². The lowest BCUT2D eigenvalue weighted by molar-refractivity contribution is 0.922. The Hall–Kier alpha value is -1.32. The van der Waals surface area contributed by atoms with Crippen LogP contribution >= 0.6 is 0 Å². The largest absolute Gasteiger partial charge is 0.382 e. The highest BCUT2D eigenvalue weighted by Crippen LogP contribution is 2.31. The smallest absolute Gasteiger partial charge is 0.144 e. The first kappa shape index (κ1) is 7.34. The molecule has 0 radical (unpaired) electrons. The predicted octanol–water partition coefficient (Wildman–Crippen LogP) is 0.879. The number of rotatable bonds is 2. The number of hydrogen-bond donors (Lipinski definition) is 2. The van der Waals surface area contributed by atoms with Crippen LogP contribution in [0.25, 0.3) is 0 Å². The van der Waals surface area contributed by atoms with Crippen molar-refractivity contribution in [2.24, 2.45) is 5.92 Å². The second-order valence-electron chi connectivity index (χ2n) is 3.29. The molecule has 1 saturated carbocycles. The molecule has 1 aliphatic carbocycles. The molecule has 2 atom stereocenters. The Morgan fingerprint density at radius 1 is 1.50 bits per heavy atom. The molecule has 64 valence electrons. The van der Waals surface area contributed by atoms with Crippen LogP contribution < -0.4 is 11.1 Å². The van der Waals surface area contributed by atoms with E-state index < -0.39 is 0 Å². The minimum absolute atomic E-state index is 0.462. The summed E-state index contributed by atoms with van der Waals surface area (Å²) in [5, 5.41) is 3.26. The predicted molar refractivity (Wildman–Crippen MR) is 47.6 cm³/mol. The van der Waals surface area contributed by atoms with Gasteiger partial charge in [-0.15, -0.1) is 0 Å². The van der Waals surface area contributed by atoms with Crippen LogP contribution in [-0.2, 0) is 0 Å². The molecule has 1 aliphatic rings. The summed E-state index contributed by atoms with van der Waals surface area (Å²) in [5.41, 5.74) is 5.40. The number of nitrogens with two attached hydrogens (primary N) is 1. The zero-order chi connectivity index (χ0) is 8.55. The molecule has 4 heteroatoms. The molecule has 0 aliphatic heterocycles. The van der Waals surface area contributed by atoms with Crippen molar-refractivity contribution in [3.63, 3.8) is 0 Å². The summed E-state index contributed by atoms with van der Waals surface area (Å²) in [6, 6.07) is 0.586. The Kier molecular flexibility index (Phi) is 1.60. The summed E-state index contributed by atoms with van der Waals surface area (Å²) >= 11 is 0. The summed E-state index contributed by atoms with van der Waals surface area (Å²) in [7, 11) is 0. The number of nitrogen functional groups attached to an aromatic ring is 1. The Bertz CT molecular complexity index is 269. The Morgan fingerprint density at radius 3 is 2.75 bits per heavy atom. The standard InChI is InChI=1S/C8H12N4/c1-5-2-6(5)12-8-4-10-7(9)3-11-8/h3-6H,2H2,1H3,(H2,9,10)(H,11,12). The molecule has 0 spiro atoms. The lowest BCUT2D eigenvalue weighted by Crippen LogP contribution is -2.05. The van der Waals surface area contributed by atoms with Crippen LogP contribution in [-0.4, -0.2) is 16.0 Å². The molecule has 1 fully saturated rings. The van der Waals surface area contributed by atoms with E-state index >= 15 is 0 Å². The average Bonchev–Trinajstić information content (AvgIpc) is 2.72. The minimum Gasteiger partial charge on any atom is -0.382 e. The number of hydrogen-bond acceptors (Lipinski definition) is 4. The highest BCUT2D eigenvalue weighted by Gasteiger charge is 2.32. The van der Waals surface area contributed by atoms with E-state index in [9.17, 15) is 0 Å². The maximum Gasteiger partial charge on any atom is 0.144 e. The van der Waals surface area contributed by atoms with E-state index in [-0.39, 0.29) is 0 Å². The average molecular weight is 164 g/mol. The molecule has 12 heavy (non-hydrogen) atoms. The summed E-state index contributed by atoms with van der Waals surface area (Å²) in [5.74, 6) is 2.05. The van der Waals surface area contributed by atoms with E-state index in [1.165, 1.54) is 6.42 Å². The number of nitrogens with zero attached hydrogens (tertiary/aromatic N) is 2. The van der Waals surface area contributed by atoms with E-state index in [0.29, 0.717) is 11.9 Å². The van der Waals surface area contributed by atoms with Gasteiger partial charge in [0, 0.05) is 6.04 Å². The monoisotopic (exact) mass is 164 g/mol. The van der Waals surface area contributed by atoms with Gasteiger partial charge in [0.25, 0.3) is 0 Å². The second-order valence-corrected chi connectivity index (χ2v) is 3.29. The molecule has 1 heterocycles. The van der Waals surface area contributed by atoms with Crippen molar-refractivity contribution in [2.45, 2.75) is 19.4 Å². The van der Waals surface area contributed by atoms with Crippen molar-refractivity contribution in [1.29, 1.82) is 0 Å². The van der Waals surface area contributed by atoms with Crippen molar-refractivity contribution in [2.75, 3.05) is 11.1 Å². The van der Waals surface area contributed by atoms with Gasteiger partial charge < -0.3 is 11.1 Å². The molecule has 2 rings (SSSR count). The van der Waals surface area contributed by atoms with Crippen molar-refractivity contribution >= 4 is 11.6 Å². The molecule has 2 unspecified atom stereocenters. The van der Waals surface area contributed by atoms with Crippen molar-refractivity contribution < 1.29 is 0 Å². The van der Waals surface area contributed by atoms with Gasteiger partial charge in [0.1, 0.15) is 11.6 Å². The molecule has 1 aromatic rings. The van der Waals surface area contributed by atoms with Crippen LogP contribution in [0.2, 0.25) is 0 Å². The molecule has 0 aromatic carbocycles.